The molecular weight excluding hydrogens is 226 g/mol. The maximum absolute atomic E-state index is 10.9. The molecule has 0 aromatic heterocycles. The van der Waals surface area contributed by atoms with Crippen LogP contribution in [0.2, 0.25) is 0 Å². The van der Waals surface area contributed by atoms with E-state index in [1.807, 2.05) is 25.5 Å². The highest BCUT2D eigenvalue weighted by atomic mass is 32.2. The van der Waals surface area contributed by atoms with Crippen molar-refractivity contribution in [3.05, 3.63) is 23.8 Å². The molecule has 86 valence electrons. The number of nitrogens with zero attached hydrogens (tertiary/aromatic N) is 1. The van der Waals surface area contributed by atoms with Crippen LogP contribution in [-0.4, -0.2) is 30.3 Å². The van der Waals surface area contributed by atoms with E-state index < -0.39 is 10.1 Å². The van der Waals surface area contributed by atoms with Crippen molar-refractivity contribution < 1.29 is 17.5 Å². The fraction of sp³-hybridized carbons (Fsp3) is 0.364. The maximum atomic E-state index is 10.9. The van der Waals surface area contributed by atoms with Gasteiger partial charge in [0.05, 0.1) is 10.8 Å². The summed E-state index contributed by atoms with van der Waals surface area (Å²) in [4.78, 5) is -0.152. The first kappa shape index (κ1) is 11.3. The lowest BCUT2D eigenvalue weighted by Gasteiger charge is -2.08. The Labute approximate surface area is 95.0 Å². The third-order valence-corrected chi connectivity index (χ3v) is 4.10. The van der Waals surface area contributed by atoms with Gasteiger partial charge in [-0.15, -0.1) is 0 Å². The summed E-state index contributed by atoms with van der Waals surface area (Å²) in [5.74, 6) is 0.154. The largest absolute Gasteiger partial charge is 0.744 e. The molecule has 1 unspecified atom stereocenters. The van der Waals surface area contributed by atoms with Crippen LogP contribution in [0.5, 0.6) is 0 Å². The van der Waals surface area contributed by atoms with Crippen molar-refractivity contribution in [2.24, 2.45) is 0 Å². The van der Waals surface area contributed by atoms with Crippen molar-refractivity contribution in [1.29, 1.82) is 0 Å². The van der Waals surface area contributed by atoms with Gasteiger partial charge in [0.2, 0.25) is 5.69 Å². The first-order chi connectivity index (χ1) is 7.32. The normalized spacial score (nSPS) is 20.1. The van der Waals surface area contributed by atoms with Crippen molar-refractivity contribution in [3.8, 4) is 0 Å². The zero-order chi connectivity index (χ0) is 12.1. The molecule has 0 aliphatic carbocycles. The van der Waals surface area contributed by atoms with Gasteiger partial charge in [-0.2, -0.15) is 0 Å². The monoisotopic (exact) mass is 239 g/mol. The third kappa shape index (κ3) is 1.56. The summed E-state index contributed by atoms with van der Waals surface area (Å²) >= 11 is 0. The van der Waals surface area contributed by atoms with Gasteiger partial charge in [0.15, 0.2) is 5.71 Å². The summed E-state index contributed by atoms with van der Waals surface area (Å²) in [5.41, 5.74) is 3.02. The molecule has 0 spiro atoms. The molecule has 1 aromatic carbocycles. The van der Waals surface area contributed by atoms with E-state index >= 15 is 0 Å². The molecule has 1 aliphatic rings. The molecule has 0 fully saturated rings. The van der Waals surface area contributed by atoms with Gasteiger partial charge in [0.25, 0.3) is 0 Å². The minimum atomic E-state index is -4.36. The van der Waals surface area contributed by atoms with Gasteiger partial charge >= 0.3 is 0 Å². The zero-order valence-electron chi connectivity index (χ0n) is 9.39. The van der Waals surface area contributed by atoms with Crippen molar-refractivity contribution in [1.82, 2.24) is 0 Å². The number of hydrogen-bond acceptors (Lipinski definition) is 3. The molecule has 1 atom stereocenters. The number of fused-ring (bicyclic) bond motifs is 1. The van der Waals surface area contributed by atoms with E-state index in [2.05, 4.69) is 0 Å². The second-order valence-electron chi connectivity index (χ2n) is 4.10. The molecule has 0 radical (unpaired) electrons. The Morgan fingerprint density at radius 2 is 2.00 bits per heavy atom. The van der Waals surface area contributed by atoms with Gasteiger partial charge < -0.3 is 4.55 Å². The van der Waals surface area contributed by atoms with Gasteiger partial charge in [0.1, 0.15) is 17.2 Å². The number of hydrogen-bond donors (Lipinski definition) is 0. The highest BCUT2D eigenvalue weighted by Gasteiger charge is 2.31. The van der Waals surface area contributed by atoms with E-state index in [0.717, 1.165) is 17.0 Å². The van der Waals surface area contributed by atoms with Crippen LogP contribution in [0.3, 0.4) is 0 Å². The van der Waals surface area contributed by atoms with Crippen LogP contribution in [0, 0.1) is 0 Å². The van der Waals surface area contributed by atoms with Gasteiger partial charge in [0, 0.05) is 18.6 Å². The summed E-state index contributed by atoms with van der Waals surface area (Å²) in [6.07, 6.45) is 0. The molecule has 0 saturated carbocycles. The van der Waals surface area contributed by atoms with Crippen LogP contribution in [0.15, 0.2) is 23.1 Å². The second-order valence-corrected chi connectivity index (χ2v) is 5.48. The second kappa shape index (κ2) is 3.40. The summed E-state index contributed by atoms with van der Waals surface area (Å²) in [6.45, 7) is 3.99. The minimum Gasteiger partial charge on any atom is -0.744 e. The molecule has 0 N–H and O–H groups in total. The van der Waals surface area contributed by atoms with Gasteiger partial charge in [-0.3, -0.25) is 0 Å². The lowest BCUT2D eigenvalue weighted by atomic mass is 9.99. The van der Waals surface area contributed by atoms with Crippen LogP contribution in [-0.2, 0) is 10.1 Å². The topological polar surface area (TPSA) is 60.2 Å². The smallest absolute Gasteiger partial charge is 0.209 e. The molecule has 0 saturated heterocycles. The predicted molar refractivity (Wildman–Crippen MR) is 59.3 cm³/mol. The Hall–Kier alpha value is -1.20. The molecule has 1 heterocycles. The first-order valence-corrected chi connectivity index (χ1v) is 6.40. The lowest BCUT2D eigenvalue weighted by Crippen LogP contribution is -2.06. The van der Waals surface area contributed by atoms with Gasteiger partial charge in [-0.25, -0.2) is 13.0 Å². The van der Waals surface area contributed by atoms with E-state index in [0.29, 0.717) is 0 Å². The third-order valence-electron chi connectivity index (χ3n) is 3.27. The number of rotatable bonds is 1. The maximum Gasteiger partial charge on any atom is 0.209 e. The predicted octanol–water partition coefficient (Wildman–Crippen LogP) is 1.44. The van der Waals surface area contributed by atoms with E-state index in [1.165, 1.54) is 12.1 Å². The van der Waals surface area contributed by atoms with Crippen molar-refractivity contribution in [2.75, 3.05) is 7.05 Å². The summed E-state index contributed by atoms with van der Waals surface area (Å²) in [5, 5.41) is 0. The van der Waals surface area contributed by atoms with E-state index in [1.54, 1.807) is 6.07 Å². The Balaban J connectivity index is 2.64. The van der Waals surface area contributed by atoms with Crippen LogP contribution in [0.4, 0.5) is 5.69 Å². The summed E-state index contributed by atoms with van der Waals surface area (Å²) < 4.78 is 34.8. The SMILES string of the molecule is CC1=[N+](C)c2ccc(S(=O)(=O)[O-])cc2C1C. The average Bonchev–Trinajstić information content (AvgIpc) is 2.43. The molecule has 5 heteroatoms. The van der Waals surface area contributed by atoms with Crippen molar-refractivity contribution in [2.45, 2.75) is 24.7 Å². The van der Waals surface area contributed by atoms with Crippen LogP contribution in [0.25, 0.3) is 0 Å². The molecule has 4 nitrogen and oxygen atoms in total. The highest BCUT2D eigenvalue weighted by Crippen LogP contribution is 2.35. The standard InChI is InChI=1S/C11H13NO3S/c1-7-8(2)12(3)11-5-4-9(6-10(7)11)16(13,14)15/h4-7H,1-3H3. The Kier molecular flexibility index (Phi) is 2.40. The van der Waals surface area contributed by atoms with Crippen molar-refractivity contribution >= 4 is 21.5 Å². The summed E-state index contributed by atoms with van der Waals surface area (Å²) in [6, 6.07) is 4.53. The fourth-order valence-electron chi connectivity index (χ4n) is 2.05. The van der Waals surface area contributed by atoms with Crippen molar-refractivity contribution in [3.63, 3.8) is 0 Å². The molecule has 1 aromatic rings. The van der Waals surface area contributed by atoms with Gasteiger partial charge in [-0.1, -0.05) is 0 Å². The minimum absolute atomic E-state index is 0.152. The Morgan fingerprint density at radius 3 is 2.56 bits per heavy atom. The van der Waals surface area contributed by atoms with E-state index in [-0.39, 0.29) is 10.8 Å². The van der Waals surface area contributed by atoms with Crippen LogP contribution >= 0.6 is 0 Å². The highest BCUT2D eigenvalue weighted by molar-refractivity contribution is 7.85. The molecular formula is C11H13NO3S. The fourth-order valence-corrected chi connectivity index (χ4v) is 2.55. The Bertz CT molecular complexity index is 587. The average molecular weight is 239 g/mol. The zero-order valence-corrected chi connectivity index (χ0v) is 10.2. The molecule has 16 heavy (non-hydrogen) atoms. The van der Waals surface area contributed by atoms with Crippen LogP contribution < -0.4 is 0 Å². The molecule has 1 aliphatic heterocycles. The summed E-state index contributed by atoms with van der Waals surface area (Å²) in [7, 11) is -2.43. The van der Waals surface area contributed by atoms with E-state index in [9.17, 15) is 13.0 Å². The first-order valence-electron chi connectivity index (χ1n) is 4.99. The Morgan fingerprint density at radius 1 is 1.38 bits per heavy atom. The molecule has 0 amide bonds. The number of benzene rings is 1. The van der Waals surface area contributed by atoms with E-state index in [4.69, 9.17) is 0 Å². The molecule has 0 bridgehead atoms. The lowest BCUT2D eigenvalue weighted by molar-refractivity contribution is -0.402. The van der Waals surface area contributed by atoms with Crippen LogP contribution in [0.1, 0.15) is 25.3 Å². The van der Waals surface area contributed by atoms with Gasteiger partial charge in [-0.05, 0) is 19.1 Å². The quantitative estimate of drug-likeness (QED) is 0.550. The molecule has 2 rings (SSSR count).